The monoisotopic (exact) mass is 619 g/mol. The first kappa shape index (κ1) is 41.5. The SMILES string of the molecule is CCCCCC[N+](CCC)(CCCCCC)CCCOC(=O)CCCCOCCCCC[Si](OCC)(OCC)OCC. The van der Waals surface area contributed by atoms with Crippen LogP contribution in [0.1, 0.15) is 144 Å². The Hall–Kier alpha value is -0.513. The molecule has 0 saturated carbocycles. The van der Waals surface area contributed by atoms with Gasteiger partial charge < -0.3 is 27.2 Å². The van der Waals surface area contributed by atoms with E-state index in [9.17, 15) is 4.79 Å². The lowest BCUT2D eigenvalue weighted by Crippen LogP contribution is -2.51. The van der Waals surface area contributed by atoms with E-state index in [1.807, 2.05) is 20.8 Å². The summed E-state index contributed by atoms with van der Waals surface area (Å²) in [5.74, 6) is -0.0555. The molecule has 0 atom stereocenters. The molecule has 0 aromatic carbocycles. The molecular formula is C34H72NO6Si+. The molecule has 0 spiro atoms. The molecule has 7 nitrogen and oxygen atoms in total. The van der Waals surface area contributed by atoms with Crippen molar-refractivity contribution < 1.29 is 32.0 Å². The van der Waals surface area contributed by atoms with Crippen molar-refractivity contribution in [3.05, 3.63) is 0 Å². The number of carbonyl (C=O) groups is 1. The number of unbranched alkanes of at least 4 members (excludes halogenated alkanes) is 9. The average molecular weight is 619 g/mol. The average Bonchev–Trinajstić information content (AvgIpc) is 2.97. The first-order valence-corrected chi connectivity index (χ1v) is 19.9. The van der Waals surface area contributed by atoms with Gasteiger partial charge in [-0.3, -0.25) is 4.79 Å². The molecule has 0 aliphatic rings. The zero-order valence-corrected chi connectivity index (χ0v) is 30.0. The number of hydrogen-bond acceptors (Lipinski definition) is 6. The van der Waals surface area contributed by atoms with E-state index in [0.29, 0.717) is 39.5 Å². The van der Waals surface area contributed by atoms with Gasteiger partial charge in [-0.25, -0.2) is 0 Å². The first-order chi connectivity index (χ1) is 20.5. The van der Waals surface area contributed by atoms with Crippen molar-refractivity contribution in [1.29, 1.82) is 0 Å². The van der Waals surface area contributed by atoms with Gasteiger partial charge in [-0.15, -0.1) is 0 Å². The van der Waals surface area contributed by atoms with Crippen LogP contribution in [0.15, 0.2) is 0 Å². The van der Waals surface area contributed by atoms with Crippen LogP contribution in [0.4, 0.5) is 0 Å². The smallest absolute Gasteiger partial charge is 0.465 e. The summed E-state index contributed by atoms with van der Waals surface area (Å²) < 4.78 is 30.4. The number of quaternary nitrogens is 1. The molecule has 0 bridgehead atoms. The maximum Gasteiger partial charge on any atom is 0.500 e. The normalized spacial score (nSPS) is 12.2. The minimum absolute atomic E-state index is 0.0555. The third-order valence-electron chi connectivity index (χ3n) is 7.99. The molecule has 42 heavy (non-hydrogen) atoms. The fourth-order valence-corrected chi connectivity index (χ4v) is 8.54. The second kappa shape index (κ2) is 29.2. The van der Waals surface area contributed by atoms with Crippen molar-refractivity contribution >= 4 is 14.8 Å². The highest BCUT2D eigenvalue weighted by molar-refractivity contribution is 6.60. The number of ether oxygens (including phenoxy) is 2. The molecule has 8 heteroatoms. The minimum Gasteiger partial charge on any atom is -0.465 e. The fourth-order valence-electron chi connectivity index (χ4n) is 5.85. The summed E-state index contributed by atoms with van der Waals surface area (Å²) in [5.41, 5.74) is 0. The summed E-state index contributed by atoms with van der Waals surface area (Å²) >= 11 is 0. The van der Waals surface area contributed by atoms with Crippen molar-refractivity contribution in [2.24, 2.45) is 0 Å². The number of esters is 1. The Balaban J connectivity index is 4.13. The number of nitrogens with zero attached hydrogens (tertiary/aromatic N) is 1. The van der Waals surface area contributed by atoms with Crippen LogP contribution in [0, 0.1) is 0 Å². The number of carbonyl (C=O) groups excluding carboxylic acids is 1. The van der Waals surface area contributed by atoms with E-state index in [1.54, 1.807) is 0 Å². The van der Waals surface area contributed by atoms with E-state index in [2.05, 4.69) is 20.8 Å². The van der Waals surface area contributed by atoms with E-state index in [0.717, 1.165) is 57.7 Å². The zero-order valence-electron chi connectivity index (χ0n) is 29.0. The molecule has 0 aromatic rings. The highest BCUT2D eigenvalue weighted by Gasteiger charge is 2.39. The van der Waals surface area contributed by atoms with E-state index in [1.165, 1.54) is 81.9 Å². The molecule has 252 valence electrons. The van der Waals surface area contributed by atoms with Gasteiger partial charge in [0.05, 0.1) is 32.8 Å². The first-order valence-electron chi connectivity index (χ1n) is 18.0. The Labute approximate surface area is 262 Å². The van der Waals surface area contributed by atoms with Crippen molar-refractivity contribution in [3.8, 4) is 0 Å². The van der Waals surface area contributed by atoms with Crippen molar-refractivity contribution in [2.75, 3.05) is 65.8 Å². The van der Waals surface area contributed by atoms with E-state index < -0.39 is 8.80 Å². The van der Waals surface area contributed by atoms with Crippen molar-refractivity contribution in [2.45, 2.75) is 150 Å². The molecule has 0 heterocycles. The van der Waals surface area contributed by atoms with Crippen LogP contribution >= 0.6 is 0 Å². The Morgan fingerprint density at radius 3 is 1.57 bits per heavy atom. The third-order valence-corrected chi connectivity index (χ3v) is 11.1. The predicted octanol–water partition coefficient (Wildman–Crippen LogP) is 8.71. The van der Waals surface area contributed by atoms with Crippen molar-refractivity contribution in [1.82, 2.24) is 0 Å². The van der Waals surface area contributed by atoms with Gasteiger partial charge in [-0.2, -0.15) is 0 Å². The lowest BCUT2D eigenvalue weighted by Gasteiger charge is -2.39. The summed E-state index contributed by atoms with van der Waals surface area (Å²) in [6.07, 6.45) is 18.1. The number of hydrogen-bond donors (Lipinski definition) is 0. The molecule has 0 aromatic heterocycles. The lowest BCUT2D eigenvalue weighted by atomic mass is 10.1. The molecular weight excluding hydrogens is 546 g/mol. The highest BCUT2D eigenvalue weighted by atomic mass is 28.4. The Morgan fingerprint density at radius 1 is 0.524 bits per heavy atom. The summed E-state index contributed by atoms with van der Waals surface area (Å²) in [7, 11) is -2.52. The minimum atomic E-state index is -2.52. The summed E-state index contributed by atoms with van der Waals surface area (Å²) in [6.45, 7) is 21.7. The molecule has 0 amide bonds. The van der Waals surface area contributed by atoms with Gasteiger partial charge in [0, 0.05) is 51.9 Å². The number of rotatable bonds is 33. The van der Waals surface area contributed by atoms with Crippen LogP contribution in [0.2, 0.25) is 6.04 Å². The van der Waals surface area contributed by atoms with E-state index >= 15 is 0 Å². The van der Waals surface area contributed by atoms with Crippen LogP contribution in [-0.4, -0.2) is 85.1 Å². The zero-order chi connectivity index (χ0) is 31.2. The van der Waals surface area contributed by atoms with Crippen LogP contribution in [0.25, 0.3) is 0 Å². The second-order valence-corrected chi connectivity index (χ2v) is 14.5. The predicted molar refractivity (Wildman–Crippen MR) is 178 cm³/mol. The quantitative estimate of drug-likeness (QED) is 0.0317. The maximum atomic E-state index is 12.3. The Bertz CT molecular complexity index is 565. The topological polar surface area (TPSA) is 63.2 Å². The molecule has 0 aliphatic carbocycles. The molecule has 0 saturated heterocycles. The highest BCUT2D eigenvalue weighted by Crippen LogP contribution is 2.20. The van der Waals surface area contributed by atoms with Crippen molar-refractivity contribution in [3.63, 3.8) is 0 Å². The van der Waals surface area contributed by atoms with Gasteiger partial charge in [0.1, 0.15) is 0 Å². The molecule has 0 unspecified atom stereocenters. The van der Waals surface area contributed by atoms with Gasteiger partial charge in [0.25, 0.3) is 0 Å². The largest absolute Gasteiger partial charge is 0.500 e. The van der Waals surface area contributed by atoms with Gasteiger partial charge in [-0.1, -0.05) is 52.9 Å². The van der Waals surface area contributed by atoms with Crippen LogP contribution < -0.4 is 0 Å². The van der Waals surface area contributed by atoms with E-state index in [-0.39, 0.29) is 5.97 Å². The summed E-state index contributed by atoms with van der Waals surface area (Å²) in [4.78, 5) is 12.3. The fraction of sp³-hybridized carbons (Fsp3) is 0.971. The van der Waals surface area contributed by atoms with Gasteiger partial charge in [0.15, 0.2) is 0 Å². The second-order valence-electron chi connectivity index (χ2n) is 11.8. The van der Waals surface area contributed by atoms with Crippen LogP contribution in [0.3, 0.4) is 0 Å². The molecule has 0 N–H and O–H groups in total. The molecule has 0 aliphatic heterocycles. The molecule has 0 fully saturated rings. The van der Waals surface area contributed by atoms with Gasteiger partial charge in [0.2, 0.25) is 0 Å². The molecule has 0 rings (SSSR count). The summed E-state index contributed by atoms with van der Waals surface area (Å²) in [6, 6.07) is 0.862. The van der Waals surface area contributed by atoms with Crippen LogP contribution in [-0.2, 0) is 27.5 Å². The third kappa shape index (κ3) is 22.1. The van der Waals surface area contributed by atoms with Crippen LogP contribution in [0.5, 0.6) is 0 Å². The van der Waals surface area contributed by atoms with Gasteiger partial charge in [-0.05, 0) is 78.6 Å². The van der Waals surface area contributed by atoms with Gasteiger partial charge >= 0.3 is 14.8 Å². The standard InChI is InChI=1S/C34H72NO6Si/c1-7-13-15-19-27-35(26-9-3,28-20-16-14-8-2)29-24-32-38-34(36)25-18-22-31-37-30-21-17-23-33-42(39-10-4,40-11-5)41-12-6/h7-33H2,1-6H3/q+1. The summed E-state index contributed by atoms with van der Waals surface area (Å²) in [5, 5.41) is 0. The Morgan fingerprint density at radius 2 is 1.05 bits per heavy atom. The Kier molecular flexibility index (Phi) is 28.9. The molecule has 0 radical (unpaired) electrons. The maximum absolute atomic E-state index is 12.3. The van der Waals surface area contributed by atoms with E-state index in [4.69, 9.17) is 22.8 Å². The lowest BCUT2D eigenvalue weighted by molar-refractivity contribution is -0.929.